The number of piperidine rings is 1. The lowest BCUT2D eigenvalue weighted by atomic mass is 9.96. The van der Waals surface area contributed by atoms with Crippen LogP contribution in [0.15, 0.2) is 42.5 Å². The maximum absolute atomic E-state index is 5.56. The van der Waals surface area contributed by atoms with Crippen molar-refractivity contribution in [1.82, 2.24) is 9.80 Å². The van der Waals surface area contributed by atoms with E-state index in [0.717, 1.165) is 48.9 Å². The first-order chi connectivity index (χ1) is 14.6. The summed E-state index contributed by atoms with van der Waals surface area (Å²) >= 11 is 0. The molecule has 1 atom stereocenters. The summed E-state index contributed by atoms with van der Waals surface area (Å²) in [6, 6.07) is 14.4. The van der Waals surface area contributed by atoms with Gasteiger partial charge in [-0.25, -0.2) is 0 Å². The van der Waals surface area contributed by atoms with Gasteiger partial charge in [0.1, 0.15) is 17.2 Å². The third-order valence-corrected chi connectivity index (χ3v) is 6.01. The van der Waals surface area contributed by atoms with Crippen molar-refractivity contribution < 1.29 is 14.2 Å². The Hall–Kier alpha value is -2.24. The van der Waals surface area contributed by atoms with E-state index in [1.165, 1.54) is 31.5 Å². The van der Waals surface area contributed by atoms with Gasteiger partial charge in [0.15, 0.2) is 0 Å². The number of nitrogens with zero attached hydrogens (tertiary/aromatic N) is 2. The molecule has 1 fully saturated rings. The van der Waals surface area contributed by atoms with Gasteiger partial charge >= 0.3 is 0 Å². The molecule has 0 bridgehead atoms. The van der Waals surface area contributed by atoms with E-state index in [0.29, 0.717) is 5.92 Å². The van der Waals surface area contributed by atoms with Crippen LogP contribution in [0.3, 0.4) is 0 Å². The second kappa shape index (κ2) is 11.2. The Morgan fingerprint density at radius 2 is 1.67 bits per heavy atom. The van der Waals surface area contributed by atoms with Crippen LogP contribution in [0.1, 0.15) is 24.0 Å². The van der Waals surface area contributed by atoms with Crippen LogP contribution in [0.5, 0.6) is 17.2 Å². The van der Waals surface area contributed by atoms with Gasteiger partial charge in [0.25, 0.3) is 0 Å². The first-order valence-corrected chi connectivity index (χ1v) is 10.9. The Morgan fingerprint density at radius 1 is 0.967 bits per heavy atom. The van der Waals surface area contributed by atoms with Gasteiger partial charge in [-0.05, 0) is 68.6 Å². The van der Waals surface area contributed by atoms with E-state index < -0.39 is 0 Å². The van der Waals surface area contributed by atoms with Crippen LogP contribution >= 0.6 is 0 Å². The zero-order chi connectivity index (χ0) is 21.3. The number of benzene rings is 2. The lowest BCUT2D eigenvalue weighted by Crippen LogP contribution is -2.40. The fraction of sp³-hybridized carbons (Fsp3) is 0.520. The van der Waals surface area contributed by atoms with Crippen molar-refractivity contribution in [2.45, 2.75) is 25.8 Å². The fourth-order valence-corrected chi connectivity index (χ4v) is 4.44. The molecule has 0 aromatic heterocycles. The summed E-state index contributed by atoms with van der Waals surface area (Å²) < 4.78 is 16.4. The average molecular weight is 413 g/mol. The Kier molecular flexibility index (Phi) is 8.40. The zero-order valence-corrected chi connectivity index (χ0v) is 18.9. The highest BCUT2D eigenvalue weighted by atomic mass is 16.5. The molecule has 2 aromatic rings. The highest BCUT2D eigenvalue weighted by Crippen LogP contribution is 2.30. The van der Waals surface area contributed by atoms with E-state index in [1.807, 2.05) is 18.2 Å². The van der Waals surface area contributed by atoms with Crippen molar-refractivity contribution >= 4 is 0 Å². The van der Waals surface area contributed by atoms with Crippen molar-refractivity contribution in [3.05, 3.63) is 53.6 Å². The number of hydrogen-bond donors (Lipinski definition) is 0. The normalized spacial score (nSPS) is 17.2. The Morgan fingerprint density at radius 3 is 2.30 bits per heavy atom. The molecule has 30 heavy (non-hydrogen) atoms. The summed E-state index contributed by atoms with van der Waals surface area (Å²) in [4.78, 5) is 5.02. The molecule has 0 radical (unpaired) electrons. The minimum atomic E-state index is 0.695. The molecule has 0 saturated carbocycles. The van der Waals surface area contributed by atoms with Gasteiger partial charge in [-0.3, -0.25) is 0 Å². The molecular weight excluding hydrogens is 376 g/mol. The van der Waals surface area contributed by atoms with Crippen LogP contribution < -0.4 is 14.2 Å². The molecule has 1 aliphatic rings. The van der Waals surface area contributed by atoms with Crippen molar-refractivity contribution in [3.8, 4) is 17.2 Å². The monoisotopic (exact) mass is 412 g/mol. The Balaban J connectivity index is 1.50. The SMILES string of the molecule is COc1ccc(CCN2CCC[C@@H](CN(C)Cc3c(OC)cccc3OC)C2)cc1. The summed E-state index contributed by atoms with van der Waals surface area (Å²) in [5.74, 6) is 3.41. The maximum Gasteiger partial charge on any atom is 0.127 e. The Labute approximate surface area is 181 Å². The summed E-state index contributed by atoms with van der Waals surface area (Å²) in [6.45, 7) is 5.41. The van der Waals surface area contributed by atoms with Gasteiger partial charge < -0.3 is 24.0 Å². The average Bonchev–Trinajstić information content (AvgIpc) is 2.78. The maximum atomic E-state index is 5.56. The van der Waals surface area contributed by atoms with Gasteiger partial charge in [0.05, 0.1) is 26.9 Å². The summed E-state index contributed by atoms with van der Waals surface area (Å²) in [7, 11) is 7.35. The lowest BCUT2D eigenvalue weighted by Gasteiger charge is -2.35. The molecule has 2 aromatic carbocycles. The predicted molar refractivity (Wildman–Crippen MR) is 122 cm³/mol. The second-order valence-corrected chi connectivity index (χ2v) is 8.24. The van der Waals surface area contributed by atoms with Crippen LogP contribution in [-0.2, 0) is 13.0 Å². The van der Waals surface area contributed by atoms with Crippen molar-refractivity contribution in [2.24, 2.45) is 5.92 Å². The van der Waals surface area contributed by atoms with Gasteiger partial charge in [-0.15, -0.1) is 0 Å². The number of rotatable bonds is 10. The molecule has 1 aliphatic heterocycles. The third kappa shape index (κ3) is 6.13. The first kappa shape index (κ1) is 22.4. The highest BCUT2D eigenvalue weighted by Gasteiger charge is 2.22. The molecule has 0 amide bonds. The van der Waals surface area contributed by atoms with Crippen LogP contribution in [0, 0.1) is 5.92 Å². The largest absolute Gasteiger partial charge is 0.497 e. The van der Waals surface area contributed by atoms with Gasteiger partial charge in [0, 0.05) is 26.2 Å². The lowest BCUT2D eigenvalue weighted by molar-refractivity contribution is 0.141. The predicted octanol–water partition coefficient (Wildman–Crippen LogP) is 4.10. The van der Waals surface area contributed by atoms with Crippen molar-refractivity contribution in [1.29, 1.82) is 0 Å². The van der Waals surface area contributed by atoms with Crippen LogP contribution in [0.4, 0.5) is 0 Å². The smallest absolute Gasteiger partial charge is 0.127 e. The molecule has 5 heteroatoms. The molecule has 1 saturated heterocycles. The third-order valence-electron chi connectivity index (χ3n) is 6.01. The Bertz CT molecular complexity index is 756. The highest BCUT2D eigenvalue weighted by molar-refractivity contribution is 5.44. The topological polar surface area (TPSA) is 34.2 Å². The standard InChI is InChI=1S/C25H36N2O3/c1-26(19-23-24(29-3)8-5-9-25(23)30-4)17-21-7-6-15-27(18-21)16-14-20-10-12-22(28-2)13-11-20/h5,8-13,21H,6-7,14-19H2,1-4H3/t21-/m0/s1. The molecule has 3 rings (SSSR count). The summed E-state index contributed by atoms with van der Waals surface area (Å²) in [6.07, 6.45) is 3.66. The molecule has 0 N–H and O–H groups in total. The first-order valence-electron chi connectivity index (χ1n) is 10.9. The molecule has 0 spiro atoms. The van der Waals surface area contributed by atoms with Crippen molar-refractivity contribution in [3.63, 3.8) is 0 Å². The van der Waals surface area contributed by atoms with E-state index in [9.17, 15) is 0 Å². The zero-order valence-electron chi connectivity index (χ0n) is 18.9. The molecular formula is C25H36N2O3. The molecule has 5 nitrogen and oxygen atoms in total. The van der Waals surface area contributed by atoms with E-state index in [4.69, 9.17) is 14.2 Å². The fourth-order valence-electron chi connectivity index (χ4n) is 4.44. The number of likely N-dealkylation sites (tertiary alicyclic amines) is 1. The van der Waals surface area contributed by atoms with E-state index >= 15 is 0 Å². The van der Waals surface area contributed by atoms with E-state index in [1.54, 1.807) is 21.3 Å². The quantitative estimate of drug-likeness (QED) is 0.587. The number of methoxy groups -OCH3 is 3. The van der Waals surface area contributed by atoms with Crippen LogP contribution in [0.25, 0.3) is 0 Å². The van der Waals surface area contributed by atoms with Crippen LogP contribution in [0.2, 0.25) is 0 Å². The van der Waals surface area contributed by atoms with E-state index in [-0.39, 0.29) is 0 Å². The molecule has 164 valence electrons. The summed E-state index contributed by atoms with van der Waals surface area (Å²) in [5.41, 5.74) is 2.50. The number of hydrogen-bond acceptors (Lipinski definition) is 5. The molecule has 0 aliphatic carbocycles. The molecule has 1 heterocycles. The number of ether oxygens (including phenoxy) is 3. The van der Waals surface area contributed by atoms with Gasteiger partial charge in [-0.2, -0.15) is 0 Å². The van der Waals surface area contributed by atoms with Crippen molar-refractivity contribution in [2.75, 3.05) is 54.6 Å². The molecule has 0 unspecified atom stereocenters. The summed E-state index contributed by atoms with van der Waals surface area (Å²) in [5, 5.41) is 0. The van der Waals surface area contributed by atoms with E-state index in [2.05, 4.69) is 41.1 Å². The second-order valence-electron chi connectivity index (χ2n) is 8.24. The minimum Gasteiger partial charge on any atom is -0.497 e. The van der Waals surface area contributed by atoms with Gasteiger partial charge in [0.2, 0.25) is 0 Å². The van der Waals surface area contributed by atoms with Gasteiger partial charge in [-0.1, -0.05) is 18.2 Å². The van der Waals surface area contributed by atoms with Crippen LogP contribution in [-0.4, -0.2) is 64.4 Å². The minimum absolute atomic E-state index is 0.695.